The van der Waals surface area contributed by atoms with E-state index in [-0.39, 0.29) is 6.10 Å². The highest BCUT2D eigenvalue weighted by Gasteiger charge is 2.20. The molecule has 1 atom stereocenters. The van der Waals surface area contributed by atoms with E-state index in [1.165, 1.54) is 5.56 Å². The van der Waals surface area contributed by atoms with Gasteiger partial charge in [-0.05, 0) is 23.8 Å². The van der Waals surface area contributed by atoms with Gasteiger partial charge in [0.2, 0.25) is 0 Å². The fourth-order valence-electron chi connectivity index (χ4n) is 3.55. The number of hydrogen-bond acceptors (Lipinski definition) is 6. The van der Waals surface area contributed by atoms with Gasteiger partial charge < -0.3 is 14.6 Å². The Kier molecular flexibility index (Phi) is 5.38. The summed E-state index contributed by atoms with van der Waals surface area (Å²) in [5.41, 5.74) is 1.25. The Bertz CT molecular complexity index is 699. The largest absolute Gasteiger partial charge is 0.486 e. The van der Waals surface area contributed by atoms with Crippen molar-refractivity contribution in [2.45, 2.75) is 19.2 Å². The average molecular weight is 358 g/mol. The van der Waals surface area contributed by atoms with E-state index in [4.69, 9.17) is 9.47 Å². The molecular weight excluding hydrogens is 332 g/mol. The van der Waals surface area contributed by atoms with Crippen LogP contribution in [0, 0.1) is 0 Å². The first-order chi connectivity index (χ1) is 12.8. The first-order valence-corrected chi connectivity index (χ1v) is 9.25. The Morgan fingerprint density at radius 3 is 2.54 bits per heavy atom. The molecule has 0 radical (unpaired) electrons. The molecule has 1 saturated heterocycles. The lowest BCUT2D eigenvalue weighted by Gasteiger charge is -2.35. The summed E-state index contributed by atoms with van der Waals surface area (Å²) in [5.74, 6) is 1.70. The molecule has 0 unspecified atom stereocenters. The number of nitrogens with zero attached hydrogens (tertiary/aromatic N) is 4. The van der Waals surface area contributed by atoms with E-state index in [9.17, 15) is 5.11 Å². The number of aliphatic hydroxyl groups excluding tert-OH is 1. The van der Waals surface area contributed by atoms with Crippen LogP contribution in [0.25, 0.3) is 0 Å². The van der Waals surface area contributed by atoms with E-state index in [1.54, 1.807) is 10.9 Å². The Morgan fingerprint density at radius 1 is 1.00 bits per heavy atom. The highest BCUT2D eigenvalue weighted by atomic mass is 16.6. The van der Waals surface area contributed by atoms with Crippen molar-refractivity contribution in [2.75, 3.05) is 45.9 Å². The van der Waals surface area contributed by atoms with Crippen molar-refractivity contribution >= 4 is 0 Å². The number of piperazine rings is 1. The molecule has 2 aliphatic heterocycles. The molecule has 0 spiro atoms. The van der Waals surface area contributed by atoms with Crippen LogP contribution < -0.4 is 9.47 Å². The molecule has 1 N–H and O–H groups in total. The van der Waals surface area contributed by atoms with Gasteiger partial charge in [0, 0.05) is 51.7 Å². The topological polar surface area (TPSA) is 63.0 Å². The number of hydrogen-bond donors (Lipinski definition) is 1. The molecule has 2 aliphatic rings. The van der Waals surface area contributed by atoms with E-state index in [2.05, 4.69) is 27.0 Å². The second-order valence-corrected chi connectivity index (χ2v) is 6.94. The molecule has 0 saturated carbocycles. The maximum Gasteiger partial charge on any atom is 0.161 e. The quantitative estimate of drug-likeness (QED) is 0.825. The fourth-order valence-corrected chi connectivity index (χ4v) is 3.55. The molecule has 3 heterocycles. The maximum absolute atomic E-state index is 10.2. The Morgan fingerprint density at radius 2 is 1.77 bits per heavy atom. The summed E-state index contributed by atoms with van der Waals surface area (Å²) in [7, 11) is 0. The van der Waals surface area contributed by atoms with Gasteiger partial charge in [0.1, 0.15) is 13.2 Å². The minimum absolute atomic E-state index is 0.390. The smallest absolute Gasteiger partial charge is 0.161 e. The standard InChI is InChI=1S/C19H26N4O3/c24-17(15-23-5-1-4-20-23)14-22-8-6-21(7-9-22)13-16-2-3-18-19(12-16)26-11-10-25-18/h1-5,12,17,24H,6-11,13-15H2/t17-/m0/s1. The number of rotatable bonds is 6. The second kappa shape index (κ2) is 8.07. The van der Waals surface area contributed by atoms with E-state index < -0.39 is 0 Å². The molecule has 0 aliphatic carbocycles. The van der Waals surface area contributed by atoms with Gasteiger partial charge >= 0.3 is 0 Å². The SMILES string of the molecule is O[C@@H](CN1CCN(Cc2ccc3c(c2)OCCO3)CC1)Cn1cccn1. The van der Waals surface area contributed by atoms with Crippen LogP contribution in [-0.2, 0) is 13.1 Å². The Labute approximate surface area is 153 Å². The average Bonchev–Trinajstić information content (AvgIpc) is 3.16. The van der Waals surface area contributed by atoms with Gasteiger partial charge in [-0.2, -0.15) is 5.10 Å². The minimum atomic E-state index is -0.390. The molecule has 0 bridgehead atoms. The van der Waals surface area contributed by atoms with Gasteiger partial charge in [0.05, 0.1) is 12.6 Å². The normalized spacial score (nSPS) is 19.4. The number of ether oxygens (including phenoxy) is 2. The molecule has 7 heteroatoms. The summed E-state index contributed by atoms with van der Waals surface area (Å²) in [4.78, 5) is 4.77. The van der Waals surface area contributed by atoms with Crippen LogP contribution in [0.1, 0.15) is 5.56 Å². The van der Waals surface area contributed by atoms with E-state index in [0.717, 1.165) is 44.2 Å². The third-order valence-electron chi connectivity index (χ3n) is 4.90. The molecule has 140 valence electrons. The molecule has 26 heavy (non-hydrogen) atoms. The van der Waals surface area contributed by atoms with Crippen molar-refractivity contribution in [2.24, 2.45) is 0 Å². The van der Waals surface area contributed by atoms with Crippen LogP contribution in [0.3, 0.4) is 0 Å². The van der Waals surface area contributed by atoms with Gasteiger partial charge in [0.15, 0.2) is 11.5 Å². The highest BCUT2D eigenvalue weighted by Crippen LogP contribution is 2.31. The van der Waals surface area contributed by atoms with Crippen LogP contribution in [0.2, 0.25) is 0 Å². The van der Waals surface area contributed by atoms with E-state index in [1.807, 2.05) is 18.3 Å². The number of aliphatic hydroxyl groups is 1. The lowest BCUT2D eigenvalue weighted by Crippen LogP contribution is -2.48. The van der Waals surface area contributed by atoms with Crippen LogP contribution in [-0.4, -0.2) is 76.7 Å². The van der Waals surface area contributed by atoms with Gasteiger partial charge in [-0.3, -0.25) is 14.5 Å². The molecule has 1 aromatic carbocycles. The van der Waals surface area contributed by atoms with Crippen LogP contribution >= 0.6 is 0 Å². The van der Waals surface area contributed by atoms with Crippen molar-refractivity contribution in [3.8, 4) is 11.5 Å². The van der Waals surface area contributed by atoms with Gasteiger partial charge in [-0.1, -0.05) is 6.07 Å². The number of aromatic nitrogens is 2. The summed E-state index contributed by atoms with van der Waals surface area (Å²) in [6.45, 7) is 7.35. The third-order valence-corrected chi connectivity index (χ3v) is 4.90. The Hall–Kier alpha value is -2.09. The van der Waals surface area contributed by atoms with Gasteiger partial charge in [-0.25, -0.2) is 0 Å². The number of benzene rings is 1. The molecule has 1 aromatic heterocycles. The van der Waals surface area contributed by atoms with E-state index in [0.29, 0.717) is 26.3 Å². The summed E-state index contributed by atoms with van der Waals surface area (Å²) in [6.07, 6.45) is 3.23. The van der Waals surface area contributed by atoms with Crippen LogP contribution in [0.15, 0.2) is 36.7 Å². The van der Waals surface area contributed by atoms with Crippen LogP contribution in [0.5, 0.6) is 11.5 Å². The van der Waals surface area contributed by atoms with Crippen LogP contribution in [0.4, 0.5) is 0 Å². The molecule has 7 nitrogen and oxygen atoms in total. The fraction of sp³-hybridized carbons (Fsp3) is 0.526. The molecule has 4 rings (SSSR count). The molecule has 0 amide bonds. The Balaban J connectivity index is 1.23. The monoisotopic (exact) mass is 358 g/mol. The predicted molar refractivity (Wildman–Crippen MR) is 97.4 cm³/mol. The van der Waals surface area contributed by atoms with Crippen molar-refractivity contribution < 1.29 is 14.6 Å². The zero-order chi connectivity index (χ0) is 17.8. The van der Waals surface area contributed by atoms with Crippen molar-refractivity contribution in [1.82, 2.24) is 19.6 Å². The summed E-state index contributed by atoms with van der Waals surface area (Å²) in [5, 5.41) is 14.4. The molecular formula is C19H26N4O3. The summed E-state index contributed by atoms with van der Waals surface area (Å²) in [6, 6.07) is 8.09. The van der Waals surface area contributed by atoms with Gasteiger partial charge in [0.25, 0.3) is 0 Å². The van der Waals surface area contributed by atoms with Gasteiger partial charge in [-0.15, -0.1) is 0 Å². The zero-order valence-corrected chi connectivity index (χ0v) is 15.0. The lowest BCUT2D eigenvalue weighted by atomic mass is 10.1. The number of fused-ring (bicyclic) bond motifs is 1. The van der Waals surface area contributed by atoms with E-state index >= 15 is 0 Å². The van der Waals surface area contributed by atoms with Crippen molar-refractivity contribution in [1.29, 1.82) is 0 Å². The molecule has 1 fully saturated rings. The summed E-state index contributed by atoms with van der Waals surface area (Å²) < 4.78 is 13.0. The summed E-state index contributed by atoms with van der Waals surface area (Å²) >= 11 is 0. The first-order valence-electron chi connectivity index (χ1n) is 9.25. The predicted octanol–water partition coefficient (Wildman–Crippen LogP) is 0.833. The first kappa shape index (κ1) is 17.3. The minimum Gasteiger partial charge on any atom is -0.486 e. The second-order valence-electron chi connectivity index (χ2n) is 6.94. The number of β-amino-alcohol motifs (C(OH)–C–C–N with tert-alkyl or cyclic N) is 1. The third kappa shape index (κ3) is 4.35. The lowest BCUT2D eigenvalue weighted by molar-refractivity contribution is 0.0605. The maximum atomic E-state index is 10.2. The van der Waals surface area contributed by atoms with Crippen molar-refractivity contribution in [3.63, 3.8) is 0 Å². The zero-order valence-electron chi connectivity index (χ0n) is 15.0. The van der Waals surface area contributed by atoms with Crippen molar-refractivity contribution in [3.05, 3.63) is 42.2 Å². The molecule has 2 aromatic rings. The highest BCUT2D eigenvalue weighted by molar-refractivity contribution is 5.43.